The highest BCUT2D eigenvalue weighted by Gasteiger charge is 2.42. The molecule has 1 aromatic heterocycles. The zero-order valence-electron chi connectivity index (χ0n) is 18.0. The maximum absolute atomic E-state index is 13.3. The van der Waals surface area contributed by atoms with Crippen LogP contribution >= 0.6 is 23.1 Å². The molecule has 2 aromatic rings. The number of non-ortho nitro benzene ring substituents is 1. The van der Waals surface area contributed by atoms with Gasteiger partial charge < -0.3 is 5.73 Å². The van der Waals surface area contributed by atoms with Crippen molar-refractivity contribution in [2.24, 2.45) is 5.73 Å². The molecule has 1 aliphatic heterocycles. The van der Waals surface area contributed by atoms with Crippen molar-refractivity contribution in [3.63, 3.8) is 0 Å². The first-order valence-electron chi connectivity index (χ1n) is 10.1. The molecule has 0 radical (unpaired) electrons. The topological polar surface area (TPSA) is 113 Å². The Labute approximate surface area is 194 Å². The predicted molar refractivity (Wildman–Crippen MR) is 127 cm³/mol. The first-order valence-corrected chi connectivity index (χ1v) is 12.2. The number of hydrogen-bond donors (Lipinski definition) is 1. The molecule has 1 atom stereocenters. The molecule has 0 unspecified atom stereocenters. The number of anilines is 1. The third kappa shape index (κ3) is 3.49. The Bertz CT molecular complexity index is 1250. The number of carbonyl (C=O) groups excluding carboxylic acids is 1. The van der Waals surface area contributed by atoms with Crippen LogP contribution in [0.2, 0.25) is 0 Å². The molecule has 1 aliphatic carbocycles. The van der Waals surface area contributed by atoms with Crippen molar-refractivity contribution in [3.8, 4) is 6.07 Å². The van der Waals surface area contributed by atoms with E-state index in [0.717, 1.165) is 25.9 Å². The van der Waals surface area contributed by atoms with Crippen molar-refractivity contribution in [1.82, 2.24) is 0 Å². The normalized spacial score (nSPS) is 18.6. The second-order valence-corrected chi connectivity index (χ2v) is 10.2. The summed E-state index contributed by atoms with van der Waals surface area (Å²) in [6, 6.07) is 8.86. The molecule has 0 amide bonds. The van der Waals surface area contributed by atoms with Crippen molar-refractivity contribution < 1.29 is 9.72 Å². The Kier molecular flexibility index (Phi) is 5.84. The lowest BCUT2D eigenvalue weighted by Crippen LogP contribution is -2.39. The summed E-state index contributed by atoms with van der Waals surface area (Å²) in [5.41, 5.74) is 10.4. The number of nitro groups is 1. The van der Waals surface area contributed by atoms with Crippen LogP contribution in [0.1, 0.15) is 41.2 Å². The highest BCUT2D eigenvalue weighted by atomic mass is 32.2. The minimum Gasteiger partial charge on any atom is -0.384 e. The van der Waals surface area contributed by atoms with Gasteiger partial charge in [0, 0.05) is 34.7 Å². The number of benzene rings is 1. The van der Waals surface area contributed by atoms with Gasteiger partial charge in [-0.1, -0.05) is 6.07 Å². The van der Waals surface area contributed by atoms with E-state index in [1.165, 1.54) is 12.1 Å². The van der Waals surface area contributed by atoms with E-state index in [9.17, 15) is 20.2 Å². The van der Waals surface area contributed by atoms with Gasteiger partial charge in [-0.15, -0.1) is 23.1 Å². The van der Waals surface area contributed by atoms with Crippen molar-refractivity contribution in [1.29, 1.82) is 5.26 Å². The molecule has 2 N–H and O–H groups in total. The van der Waals surface area contributed by atoms with E-state index in [4.69, 9.17) is 5.73 Å². The van der Waals surface area contributed by atoms with Crippen LogP contribution in [0.25, 0.3) is 0 Å². The summed E-state index contributed by atoms with van der Waals surface area (Å²) in [5.74, 6) is -0.295. The number of rotatable bonds is 4. The van der Waals surface area contributed by atoms with Gasteiger partial charge in [-0.3, -0.25) is 19.8 Å². The lowest BCUT2D eigenvalue weighted by atomic mass is 9.76. The van der Waals surface area contributed by atoms with Gasteiger partial charge in [0.1, 0.15) is 5.82 Å². The predicted octanol–water partition coefficient (Wildman–Crippen LogP) is 5.30. The van der Waals surface area contributed by atoms with Crippen LogP contribution in [0.4, 0.5) is 11.4 Å². The fourth-order valence-corrected chi connectivity index (χ4v) is 6.41. The Morgan fingerprint density at radius 2 is 2.06 bits per heavy atom. The van der Waals surface area contributed by atoms with Gasteiger partial charge in [0.2, 0.25) is 0 Å². The molecule has 0 saturated heterocycles. The summed E-state index contributed by atoms with van der Waals surface area (Å²) in [6.45, 7) is 3.84. The van der Waals surface area contributed by atoms with E-state index >= 15 is 0 Å². The maximum atomic E-state index is 13.3. The highest BCUT2D eigenvalue weighted by Crippen LogP contribution is 2.50. The smallest absolute Gasteiger partial charge is 0.271 e. The number of nitriles is 1. The number of hydrogen-bond acceptors (Lipinski definition) is 8. The summed E-state index contributed by atoms with van der Waals surface area (Å²) in [4.78, 5) is 27.0. The SMILES string of the molecule is CSc1sc(C)cc1[C@@H]1C(C#N)=C(N)N(c2cc([N+](=O)[O-])ccc2C)C2=C1C(=O)CCC2. The van der Waals surface area contributed by atoms with E-state index < -0.39 is 10.8 Å². The van der Waals surface area contributed by atoms with E-state index in [-0.39, 0.29) is 17.3 Å². The van der Waals surface area contributed by atoms with Crippen LogP contribution in [-0.2, 0) is 4.79 Å². The molecule has 2 aliphatic rings. The number of allylic oxidation sites excluding steroid dienone is 3. The molecule has 7 nitrogen and oxygen atoms in total. The number of nitro benzene ring substituents is 1. The number of Topliss-reactive ketones (excluding diaryl/α,β-unsaturated/α-hetero) is 1. The molecule has 32 heavy (non-hydrogen) atoms. The van der Waals surface area contributed by atoms with E-state index in [0.29, 0.717) is 36.1 Å². The van der Waals surface area contributed by atoms with E-state index in [1.54, 1.807) is 34.1 Å². The quantitative estimate of drug-likeness (QED) is 0.369. The zero-order chi connectivity index (χ0) is 23.2. The number of aryl methyl sites for hydroxylation is 2. The molecule has 0 saturated carbocycles. The summed E-state index contributed by atoms with van der Waals surface area (Å²) in [6.07, 6.45) is 3.67. The lowest BCUT2D eigenvalue weighted by molar-refractivity contribution is -0.384. The summed E-state index contributed by atoms with van der Waals surface area (Å²) < 4.78 is 1.05. The van der Waals surface area contributed by atoms with Crippen LogP contribution in [0.15, 0.2) is 51.1 Å². The largest absolute Gasteiger partial charge is 0.384 e. The maximum Gasteiger partial charge on any atom is 0.271 e. The monoisotopic (exact) mass is 466 g/mol. The molecule has 0 spiro atoms. The minimum absolute atomic E-state index is 0.000454. The van der Waals surface area contributed by atoms with Gasteiger partial charge in [0.25, 0.3) is 5.69 Å². The molecule has 1 aromatic carbocycles. The summed E-state index contributed by atoms with van der Waals surface area (Å²) in [7, 11) is 0. The number of nitrogens with two attached hydrogens (primary N) is 1. The summed E-state index contributed by atoms with van der Waals surface area (Å²) in [5, 5.41) is 21.6. The number of thioether (sulfide) groups is 1. The van der Waals surface area contributed by atoms with Gasteiger partial charge >= 0.3 is 0 Å². The number of nitrogens with zero attached hydrogens (tertiary/aromatic N) is 3. The second kappa shape index (κ2) is 8.45. The molecule has 9 heteroatoms. The van der Waals surface area contributed by atoms with Crippen molar-refractivity contribution in [3.05, 3.63) is 73.0 Å². The van der Waals surface area contributed by atoms with Gasteiger partial charge in [-0.05, 0) is 50.1 Å². The molecule has 4 rings (SSSR count). The molecule has 0 fully saturated rings. The second-order valence-electron chi connectivity index (χ2n) is 7.85. The van der Waals surface area contributed by atoms with E-state index in [2.05, 4.69) is 6.07 Å². The molecular weight excluding hydrogens is 444 g/mol. The fraction of sp³-hybridized carbons (Fsp3) is 0.304. The number of ketones is 1. The molecular formula is C23H22N4O3S2. The van der Waals surface area contributed by atoms with Crippen LogP contribution in [0.3, 0.4) is 0 Å². The highest BCUT2D eigenvalue weighted by molar-refractivity contribution is 8.00. The third-order valence-electron chi connectivity index (χ3n) is 5.90. The third-order valence-corrected chi connectivity index (χ3v) is 8.12. The van der Waals surface area contributed by atoms with Gasteiger partial charge in [-0.25, -0.2) is 0 Å². The Morgan fingerprint density at radius 1 is 1.31 bits per heavy atom. The van der Waals surface area contributed by atoms with Crippen LogP contribution in [0.5, 0.6) is 0 Å². The Balaban J connectivity index is 2.02. The van der Waals surface area contributed by atoms with E-state index in [1.807, 2.05) is 26.2 Å². The number of thiophene rings is 1. The van der Waals surface area contributed by atoms with Gasteiger partial charge in [0.05, 0.1) is 32.4 Å². The standard InChI is InChI=1S/C23H22N4O3S2/c1-12-7-8-14(27(29)30)10-18(12)26-17-5-4-6-19(28)21(17)20(16(11-24)22(26)25)15-9-13(2)32-23(15)31-3/h7-10,20H,4-6,25H2,1-3H3/t20-/m1/s1. The van der Waals surface area contributed by atoms with Crippen molar-refractivity contribution in [2.75, 3.05) is 11.2 Å². The van der Waals surface area contributed by atoms with Gasteiger partial charge in [0.15, 0.2) is 5.78 Å². The zero-order valence-corrected chi connectivity index (χ0v) is 19.6. The van der Waals surface area contributed by atoms with Crippen molar-refractivity contribution >= 4 is 40.3 Å². The Morgan fingerprint density at radius 3 is 2.72 bits per heavy atom. The average Bonchev–Trinajstić information content (AvgIpc) is 3.14. The average molecular weight is 467 g/mol. The lowest BCUT2D eigenvalue weighted by Gasteiger charge is -2.40. The first kappa shape index (κ1) is 22.1. The summed E-state index contributed by atoms with van der Waals surface area (Å²) >= 11 is 3.23. The first-order chi connectivity index (χ1) is 15.3. The fourth-order valence-electron chi connectivity index (χ4n) is 4.50. The minimum atomic E-state index is -0.523. The van der Waals surface area contributed by atoms with Crippen LogP contribution in [-0.4, -0.2) is 17.0 Å². The molecule has 2 heterocycles. The van der Waals surface area contributed by atoms with Gasteiger partial charge in [-0.2, -0.15) is 5.26 Å². The number of carbonyl (C=O) groups is 1. The van der Waals surface area contributed by atoms with Crippen molar-refractivity contribution in [2.45, 2.75) is 43.2 Å². The molecule has 164 valence electrons. The molecule has 0 bridgehead atoms. The van der Waals surface area contributed by atoms with Crippen LogP contribution in [0, 0.1) is 35.3 Å². The Hall–Kier alpha value is -3.09. The van der Waals surface area contributed by atoms with Crippen LogP contribution < -0.4 is 10.6 Å².